The minimum absolute atomic E-state index is 0.307. The van der Waals surface area contributed by atoms with Gasteiger partial charge in [-0.15, -0.1) is 10.2 Å². The molecule has 0 saturated heterocycles. The van der Waals surface area contributed by atoms with Gasteiger partial charge in [0.15, 0.2) is 0 Å². The van der Waals surface area contributed by atoms with Gasteiger partial charge >= 0.3 is 5.97 Å². The van der Waals surface area contributed by atoms with Crippen LogP contribution in [0.5, 0.6) is 0 Å². The van der Waals surface area contributed by atoms with E-state index in [1.54, 1.807) is 6.92 Å². The van der Waals surface area contributed by atoms with Gasteiger partial charge < -0.3 is 9.15 Å². The summed E-state index contributed by atoms with van der Waals surface area (Å²) in [5, 5.41) is 7.13. The molecule has 6 heteroatoms. The molecular weight excluding hydrogens is 180 g/mol. The SMILES string of the molecule is COC(=O)C(C)Sc1nnco1. The lowest BCUT2D eigenvalue weighted by Gasteiger charge is -2.03. The van der Waals surface area contributed by atoms with Gasteiger partial charge in [0, 0.05) is 0 Å². The Morgan fingerprint density at radius 2 is 2.58 bits per heavy atom. The Labute approximate surface area is 73.5 Å². The molecule has 0 aliphatic rings. The molecule has 0 aromatic carbocycles. The van der Waals surface area contributed by atoms with Crippen LogP contribution in [0.4, 0.5) is 0 Å². The zero-order valence-corrected chi connectivity index (χ0v) is 7.50. The Kier molecular flexibility index (Phi) is 3.09. The number of thioether (sulfide) groups is 1. The summed E-state index contributed by atoms with van der Waals surface area (Å²) in [5.41, 5.74) is 0. The van der Waals surface area contributed by atoms with Gasteiger partial charge in [-0.05, 0) is 6.92 Å². The quantitative estimate of drug-likeness (QED) is 0.514. The summed E-state index contributed by atoms with van der Waals surface area (Å²) in [6.07, 6.45) is 1.21. The molecule has 1 aromatic heterocycles. The highest BCUT2D eigenvalue weighted by atomic mass is 32.2. The van der Waals surface area contributed by atoms with Crippen LogP contribution in [0.1, 0.15) is 6.92 Å². The first-order valence-electron chi connectivity index (χ1n) is 3.24. The van der Waals surface area contributed by atoms with Gasteiger partial charge in [-0.2, -0.15) is 0 Å². The second-order valence-electron chi connectivity index (χ2n) is 1.99. The van der Waals surface area contributed by atoms with Crippen molar-refractivity contribution in [2.45, 2.75) is 17.4 Å². The van der Waals surface area contributed by atoms with Gasteiger partial charge in [0.1, 0.15) is 5.25 Å². The second-order valence-corrected chi connectivity index (χ2v) is 3.28. The van der Waals surface area contributed by atoms with E-state index in [9.17, 15) is 4.79 Å². The predicted molar refractivity (Wildman–Crippen MR) is 41.6 cm³/mol. The van der Waals surface area contributed by atoms with Gasteiger partial charge in [-0.3, -0.25) is 4.79 Å². The van der Waals surface area contributed by atoms with Crippen LogP contribution in [0.2, 0.25) is 0 Å². The lowest BCUT2D eigenvalue weighted by atomic mass is 10.5. The van der Waals surface area contributed by atoms with Crippen molar-refractivity contribution in [1.29, 1.82) is 0 Å². The molecule has 1 heterocycles. The van der Waals surface area contributed by atoms with Crippen molar-refractivity contribution in [3.63, 3.8) is 0 Å². The number of esters is 1. The summed E-state index contributed by atoms with van der Waals surface area (Å²) in [6.45, 7) is 1.71. The van der Waals surface area contributed by atoms with Gasteiger partial charge in [0.25, 0.3) is 5.22 Å². The molecule has 0 saturated carbocycles. The number of hydrogen-bond acceptors (Lipinski definition) is 6. The second kappa shape index (κ2) is 4.10. The lowest BCUT2D eigenvalue weighted by Crippen LogP contribution is -2.14. The first-order chi connectivity index (χ1) is 5.74. The molecule has 1 rings (SSSR count). The van der Waals surface area contributed by atoms with E-state index < -0.39 is 0 Å². The maximum absolute atomic E-state index is 10.9. The van der Waals surface area contributed by atoms with Crippen LogP contribution in [0.3, 0.4) is 0 Å². The Balaban J connectivity index is 2.47. The summed E-state index contributed by atoms with van der Waals surface area (Å²) < 4.78 is 9.34. The third kappa shape index (κ3) is 2.23. The van der Waals surface area contributed by atoms with Crippen LogP contribution in [0, 0.1) is 0 Å². The minimum Gasteiger partial charge on any atom is -0.468 e. The lowest BCUT2D eigenvalue weighted by molar-refractivity contribution is -0.139. The van der Waals surface area contributed by atoms with Crippen molar-refractivity contribution in [3.05, 3.63) is 6.39 Å². The van der Waals surface area contributed by atoms with Gasteiger partial charge in [-0.1, -0.05) is 11.8 Å². The van der Waals surface area contributed by atoms with Gasteiger partial charge in [0.05, 0.1) is 7.11 Å². The van der Waals surface area contributed by atoms with Crippen molar-refractivity contribution in [3.8, 4) is 0 Å². The molecule has 0 spiro atoms. The molecule has 12 heavy (non-hydrogen) atoms. The van der Waals surface area contributed by atoms with E-state index in [1.807, 2.05) is 0 Å². The number of aromatic nitrogens is 2. The first-order valence-corrected chi connectivity index (χ1v) is 4.12. The highest BCUT2D eigenvalue weighted by Gasteiger charge is 2.16. The fourth-order valence-corrected chi connectivity index (χ4v) is 1.27. The molecular formula is C6H8N2O3S. The molecule has 5 nitrogen and oxygen atoms in total. The normalized spacial score (nSPS) is 12.5. The number of ether oxygens (including phenoxy) is 1. The van der Waals surface area contributed by atoms with E-state index in [2.05, 4.69) is 14.9 Å². The largest absolute Gasteiger partial charge is 0.468 e. The van der Waals surface area contributed by atoms with E-state index in [1.165, 1.54) is 25.3 Å². The van der Waals surface area contributed by atoms with Gasteiger partial charge in [0.2, 0.25) is 6.39 Å². The summed E-state index contributed by atoms with van der Waals surface area (Å²) in [4.78, 5) is 10.9. The van der Waals surface area contributed by atoms with E-state index in [0.29, 0.717) is 5.22 Å². The van der Waals surface area contributed by atoms with Crippen LogP contribution in [0.15, 0.2) is 16.0 Å². The molecule has 0 bridgehead atoms. The molecule has 0 N–H and O–H groups in total. The molecule has 1 atom stereocenters. The molecule has 0 aliphatic heterocycles. The highest BCUT2D eigenvalue weighted by Crippen LogP contribution is 2.20. The topological polar surface area (TPSA) is 65.2 Å². The summed E-state index contributed by atoms with van der Waals surface area (Å²) in [5.74, 6) is -0.307. The number of hydrogen-bond donors (Lipinski definition) is 0. The van der Waals surface area contributed by atoms with Crippen LogP contribution in [-0.4, -0.2) is 28.5 Å². The smallest absolute Gasteiger partial charge is 0.319 e. The van der Waals surface area contributed by atoms with Crippen LogP contribution >= 0.6 is 11.8 Å². The number of nitrogens with zero attached hydrogens (tertiary/aromatic N) is 2. The van der Waals surface area contributed by atoms with Crippen molar-refractivity contribution >= 4 is 17.7 Å². The van der Waals surface area contributed by atoms with E-state index in [4.69, 9.17) is 4.42 Å². The first kappa shape index (κ1) is 9.05. The maximum Gasteiger partial charge on any atom is 0.319 e. The fourth-order valence-electron chi connectivity index (χ4n) is 0.580. The Morgan fingerprint density at radius 3 is 3.08 bits per heavy atom. The predicted octanol–water partition coefficient (Wildman–Crippen LogP) is 0.723. The zero-order chi connectivity index (χ0) is 8.97. The maximum atomic E-state index is 10.9. The summed E-state index contributed by atoms with van der Waals surface area (Å²) in [7, 11) is 1.34. The third-order valence-corrected chi connectivity index (χ3v) is 2.08. The molecule has 0 radical (unpaired) electrons. The van der Waals surface area contributed by atoms with E-state index in [-0.39, 0.29) is 11.2 Å². The Bertz CT molecular complexity index is 249. The van der Waals surface area contributed by atoms with Crippen LogP contribution in [-0.2, 0) is 9.53 Å². The number of rotatable bonds is 3. The molecule has 1 unspecified atom stereocenters. The van der Waals surface area contributed by atoms with Crippen molar-refractivity contribution in [2.24, 2.45) is 0 Å². The third-order valence-electron chi connectivity index (χ3n) is 1.15. The number of methoxy groups -OCH3 is 1. The Morgan fingerprint density at radius 1 is 1.83 bits per heavy atom. The average molecular weight is 188 g/mol. The van der Waals surface area contributed by atoms with Crippen LogP contribution < -0.4 is 0 Å². The summed E-state index contributed by atoms with van der Waals surface area (Å²) >= 11 is 1.17. The number of carbonyl (C=O) groups is 1. The average Bonchev–Trinajstić information content (AvgIpc) is 2.55. The minimum atomic E-state index is -0.324. The van der Waals surface area contributed by atoms with E-state index >= 15 is 0 Å². The van der Waals surface area contributed by atoms with E-state index in [0.717, 1.165) is 0 Å². The molecule has 0 aliphatic carbocycles. The van der Waals surface area contributed by atoms with Crippen molar-refractivity contribution in [1.82, 2.24) is 10.2 Å². The van der Waals surface area contributed by atoms with Gasteiger partial charge in [-0.25, -0.2) is 0 Å². The summed E-state index contributed by atoms with van der Waals surface area (Å²) in [6, 6.07) is 0. The fraction of sp³-hybridized carbons (Fsp3) is 0.500. The van der Waals surface area contributed by atoms with Crippen molar-refractivity contribution < 1.29 is 13.9 Å². The highest BCUT2D eigenvalue weighted by molar-refractivity contribution is 8.00. The standard InChI is InChI=1S/C6H8N2O3S/c1-4(5(9)10-2)12-6-8-7-3-11-6/h3-4H,1-2H3. The molecule has 0 amide bonds. The zero-order valence-electron chi connectivity index (χ0n) is 6.68. The van der Waals surface area contributed by atoms with Crippen LogP contribution in [0.25, 0.3) is 0 Å². The van der Waals surface area contributed by atoms with Crippen molar-refractivity contribution in [2.75, 3.05) is 7.11 Å². The monoisotopic (exact) mass is 188 g/mol. The molecule has 0 fully saturated rings. The molecule has 66 valence electrons. The molecule has 1 aromatic rings. The number of carbonyl (C=O) groups excluding carboxylic acids is 1. The Hall–Kier alpha value is -1.04.